The Morgan fingerprint density at radius 3 is 2.51 bits per heavy atom. The molecule has 1 aromatic carbocycles. The predicted octanol–water partition coefficient (Wildman–Crippen LogP) is 3.49. The first-order valence-corrected chi connectivity index (χ1v) is 15.3. The second kappa shape index (κ2) is 10.2. The minimum absolute atomic E-state index is 0.0124. The van der Waals surface area contributed by atoms with Gasteiger partial charge in [0.1, 0.15) is 24.1 Å². The lowest BCUT2D eigenvalue weighted by molar-refractivity contribution is -0.196. The highest BCUT2D eigenvalue weighted by Gasteiger charge is 2.64. The molecule has 2 saturated carbocycles. The molecule has 7 rings (SSSR count). The van der Waals surface area contributed by atoms with E-state index in [1.54, 1.807) is 22.0 Å². The number of aromatic nitrogens is 4. The highest BCUT2D eigenvalue weighted by molar-refractivity contribution is 6.07. The van der Waals surface area contributed by atoms with Gasteiger partial charge in [-0.15, -0.1) is 0 Å². The number of nitrogens with one attached hydrogen (secondary N) is 1. The highest BCUT2D eigenvalue weighted by Crippen LogP contribution is 2.59. The molecule has 0 radical (unpaired) electrons. The number of hydrogen-bond donors (Lipinski definition) is 1. The maximum Gasteiger partial charge on any atom is 0.245 e. The third-order valence-electron chi connectivity index (χ3n) is 9.88. The third-order valence-corrected chi connectivity index (χ3v) is 9.88. The smallest absolute Gasteiger partial charge is 0.245 e. The van der Waals surface area contributed by atoms with Gasteiger partial charge < -0.3 is 19.7 Å². The summed E-state index contributed by atoms with van der Waals surface area (Å²) < 4.78 is 13.7. The van der Waals surface area contributed by atoms with Crippen molar-refractivity contribution in [2.75, 3.05) is 13.2 Å². The number of likely N-dealkylation sites (tertiary alicyclic amines) is 1. The SMILES string of the molecule is CC(=O)c1nn(CC(=O)N2C3C[C@]3(C)C[C@H]2C(=O)N[C@H]2CCCCC23OCCO3)c2c(C)cc(-c3cnc(C)nc3)cc12. The molecule has 0 bridgehead atoms. The second-order valence-electron chi connectivity index (χ2n) is 13.0. The zero-order chi connectivity index (χ0) is 30.1. The minimum Gasteiger partial charge on any atom is -0.346 e. The zero-order valence-corrected chi connectivity index (χ0v) is 25.2. The summed E-state index contributed by atoms with van der Waals surface area (Å²) in [6.07, 6.45) is 8.56. The lowest BCUT2D eigenvalue weighted by Crippen LogP contribution is -2.59. The predicted molar refractivity (Wildman–Crippen MR) is 157 cm³/mol. The lowest BCUT2D eigenvalue weighted by atomic mass is 9.88. The van der Waals surface area contributed by atoms with E-state index in [-0.39, 0.29) is 41.6 Å². The van der Waals surface area contributed by atoms with Crippen molar-refractivity contribution in [3.05, 3.63) is 41.6 Å². The molecule has 2 aliphatic carbocycles. The normalized spacial score (nSPS) is 27.4. The number of ketones is 1. The van der Waals surface area contributed by atoms with Crippen LogP contribution < -0.4 is 5.32 Å². The highest BCUT2D eigenvalue weighted by atomic mass is 16.7. The molecule has 3 aromatic rings. The van der Waals surface area contributed by atoms with Gasteiger partial charge in [0, 0.05) is 42.7 Å². The first-order chi connectivity index (χ1) is 20.6. The molecule has 11 heteroatoms. The molecule has 1 spiro atoms. The molecule has 1 unspecified atom stereocenters. The third kappa shape index (κ3) is 4.73. The first-order valence-electron chi connectivity index (χ1n) is 15.3. The Morgan fingerprint density at radius 2 is 1.79 bits per heavy atom. The molecule has 2 aliphatic heterocycles. The molecule has 4 heterocycles. The summed E-state index contributed by atoms with van der Waals surface area (Å²) in [5, 5.41) is 8.54. The van der Waals surface area contributed by atoms with Crippen LogP contribution in [0.5, 0.6) is 0 Å². The van der Waals surface area contributed by atoms with E-state index in [0.717, 1.165) is 54.3 Å². The zero-order valence-electron chi connectivity index (χ0n) is 25.2. The average Bonchev–Trinajstić information content (AvgIpc) is 3.30. The van der Waals surface area contributed by atoms with Gasteiger partial charge in [-0.1, -0.05) is 13.3 Å². The molecule has 4 atom stereocenters. The Balaban J connectivity index is 1.17. The molecule has 2 amide bonds. The number of piperidine rings is 1. The molecule has 43 heavy (non-hydrogen) atoms. The molecule has 4 aliphatic rings. The maximum atomic E-state index is 14.0. The Kier molecular flexibility index (Phi) is 6.66. The van der Waals surface area contributed by atoms with Gasteiger partial charge >= 0.3 is 0 Å². The lowest BCUT2D eigenvalue weighted by Gasteiger charge is -2.40. The minimum atomic E-state index is -0.758. The van der Waals surface area contributed by atoms with Gasteiger partial charge in [0.25, 0.3) is 0 Å². The number of nitrogens with zero attached hydrogens (tertiary/aromatic N) is 5. The van der Waals surface area contributed by atoms with Gasteiger partial charge in [-0.05, 0) is 68.2 Å². The summed E-state index contributed by atoms with van der Waals surface area (Å²) in [6, 6.07) is 3.12. The molecule has 226 valence electrons. The fourth-order valence-corrected chi connectivity index (χ4v) is 7.56. The fraction of sp³-hybridized carbons (Fsp3) is 0.562. The fourth-order valence-electron chi connectivity index (χ4n) is 7.56. The number of aryl methyl sites for hydroxylation is 2. The van der Waals surface area contributed by atoms with E-state index in [1.807, 2.05) is 26.0 Å². The van der Waals surface area contributed by atoms with Crippen LogP contribution in [0.4, 0.5) is 0 Å². The van der Waals surface area contributed by atoms with Crippen LogP contribution in [0.2, 0.25) is 0 Å². The maximum absolute atomic E-state index is 14.0. The number of Topliss-reactive ketones (excluding diaryl/α,β-unsaturated/α-hetero) is 1. The van der Waals surface area contributed by atoms with Crippen molar-refractivity contribution < 1.29 is 23.9 Å². The number of fused-ring (bicyclic) bond motifs is 2. The van der Waals surface area contributed by atoms with Crippen LogP contribution in [-0.4, -0.2) is 79.4 Å². The van der Waals surface area contributed by atoms with Crippen LogP contribution in [0.15, 0.2) is 24.5 Å². The topological polar surface area (TPSA) is 129 Å². The van der Waals surface area contributed by atoms with E-state index in [4.69, 9.17) is 9.47 Å². The van der Waals surface area contributed by atoms with Gasteiger partial charge in [0.2, 0.25) is 11.8 Å². The van der Waals surface area contributed by atoms with Crippen molar-refractivity contribution in [1.82, 2.24) is 30.0 Å². The van der Waals surface area contributed by atoms with Gasteiger partial charge in [-0.2, -0.15) is 5.10 Å². The first kappa shape index (κ1) is 28.1. The second-order valence-corrected chi connectivity index (χ2v) is 13.0. The van der Waals surface area contributed by atoms with Crippen molar-refractivity contribution in [3.8, 4) is 11.1 Å². The van der Waals surface area contributed by atoms with E-state index >= 15 is 0 Å². The summed E-state index contributed by atoms with van der Waals surface area (Å²) in [5.41, 5.74) is 3.56. The summed E-state index contributed by atoms with van der Waals surface area (Å²) in [7, 11) is 0. The number of carbonyl (C=O) groups is 3. The summed E-state index contributed by atoms with van der Waals surface area (Å²) in [6.45, 7) is 8.40. The van der Waals surface area contributed by atoms with Crippen LogP contribution in [-0.2, 0) is 25.6 Å². The van der Waals surface area contributed by atoms with Gasteiger partial charge in [-0.3, -0.25) is 19.1 Å². The van der Waals surface area contributed by atoms with E-state index in [0.29, 0.717) is 36.5 Å². The number of ether oxygens (including phenoxy) is 2. The molecule has 4 fully saturated rings. The number of benzene rings is 1. The van der Waals surface area contributed by atoms with Gasteiger partial charge in [0.15, 0.2) is 11.6 Å². The van der Waals surface area contributed by atoms with Crippen LogP contribution in [0.25, 0.3) is 22.0 Å². The van der Waals surface area contributed by atoms with Crippen LogP contribution >= 0.6 is 0 Å². The molecular formula is C32H38N6O5. The standard InChI is InChI=1S/C32H38N6O5/c1-18-11-21(22-15-33-20(3)34-16-22)12-23-28(19(2)39)36-37(29(18)23)17-27(40)38-24(13-31(4)14-26(31)38)30(41)35-25-7-5-6-8-32(25)42-9-10-43-32/h11-12,15-16,24-26H,5-10,13-14,17H2,1-4H3,(H,35,41)/t24-,25-,26?,31-/m0/s1. The Bertz CT molecular complexity index is 1630. The van der Waals surface area contributed by atoms with E-state index in [9.17, 15) is 14.4 Å². The van der Waals surface area contributed by atoms with E-state index in [1.165, 1.54) is 6.92 Å². The van der Waals surface area contributed by atoms with Crippen molar-refractivity contribution >= 4 is 28.5 Å². The van der Waals surface area contributed by atoms with Crippen molar-refractivity contribution in [3.63, 3.8) is 0 Å². The van der Waals surface area contributed by atoms with Crippen LogP contribution in [0.1, 0.15) is 74.2 Å². The Morgan fingerprint density at radius 1 is 1.05 bits per heavy atom. The molecule has 2 saturated heterocycles. The average molecular weight is 587 g/mol. The number of carbonyl (C=O) groups excluding carboxylic acids is 3. The Hall–Kier alpha value is -3.70. The largest absolute Gasteiger partial charge is 0.346 e. The van der Waals surface area contributed by atoms with Crippen molar-refractivity contribution in [2.24, 2.45) is 5.41 Å². The molecule has 1 N–H and O–H groups in total. The molecule has 2 aromatic heterocycles. The summed E-state index contributed by atoms with van der Waals surface area (Å²) >= 11 is 0. The van der Waals surface area contributed by atoms with Gasteiger partial charge in [-0.25, -0.2) is 9.97 Å². The number of rotatable bonds is 6. The molecular weight excluding hydrogens is 548 g/mol. The van der Waals surface area contributed by atoms with E-state index < -0.39 is 11.8 Å². The van der Waals surface area contributed by atoms with Gasteiger partial charge in [0.05, 0.1) is 24.8 Å². The summed E-state index contributed by atoms with van der Waals surface area (Å²) in [5.74, 6) is -0.585. The van der Waals surface area contributed by atoms with E-state index in [2.05, 4.69) is 27.3 Å². The number of hydrogen-bond acceptors (Lipinski definition) is 8. The van der Waals surface area contributed by atoms with Crippen LogP contribution in [0, 0.1) is 19.3 Å². The number of amides is 2. The van der Waals surface area contributed by atoms with Crippen molar-refractivity contribution in [2.45, 2.75) is 96.7 Å². The summed E-state index contributed by atoms with van der Waals surface area (Å²) in [4.78, 5) is 50.9. The molecule has 11 nitrogen and oxygen atoms in total. The quantitative estimate of drug-likeness (QED) is 0.435. The Labute approximate surface area is 250 Å². The van der Waals surface area contributed by atoms with Crippen LogP contribution in [0.3, 0.4) is 0 Å². The monoisotopic (exact) mass is 586 g/mol. The van der Waals surface area contributed by atoms with Crippen molar-refractivity contribution in [1.29, 1.82) is 0 Å².